The van der Waals surface area contributed by atoms with Crippen LogP contribution in [0.1, 0.15) is 12.4 Å². The molecule has 7 heteroatoms. The maximum Gasteiger partial charge on any atom is 0.319 e. The molecule has 0 bridgehead atoms. The van der Waals surface area contributed by atoms with Crippen molar-refractivity contribution in [3.8, 4) is 16.9 Å². The molecule has 2 aromatic heterocycles. The van der Waals surface area contributed by atoms with Crippen molar-refractivity contribution in [1.82, 2.24) is 19.1 Å². The van der Waals surface area contributed by atoms with Crippen LogP contribution in [0.2, 0.25) is 0 Å². The lowest BCUT2D eigenvalue weighted by molar-refractivity contribution is 0.0678. The fourth-order valence-electron chi connectivity index (χ4n) is 2.84. The van der Waals surface area contributed by atoms with Crippen molar-refractivity contribution in [3.63, 3.8) is 0 Å². The van der Waals surface area contributed by atoms with Gasteiger partial charge >= 0.3 is 6.55 Å². The molecule has 0 atom stereocenters. The SMILES string of the molecule is FC(F)n1ccnc1CSc1ncc(-c2ccccc2)n1-c1ccccc1. The van der Waals surface area contributed by atoms with Crippen molar-refractivity contribution in [2.45, 2.75) is 17.5 Å². The van der Waals surface area contributed by atoms with Crippen molar-refractivity contribution in [2.24, 2.45) is 0 Å². The van der Waals surface area contributed by atoms with E-state index < -0.39 is 6.55 Å². The largest absolute Gasteiger partial charge is 0.319 e. The molecule has 0 aliphatic heterocycles. The molecule has 0 saturated carbocycles. The second-order valence-corrected chi connectivity index (χ2v) is 6.72. The van der Waals surface area contributed by atoms with E-state index in [9.17, 15) is 8.78 Å². The summed E-state index contributed by atoms with van der Waals surface area (Å²) in [5.74, 6) is 0.619. The molecule has 2 aromatic carbocycles. The molecule has 0 aliphatic carbocycles. The van der Waals surface area contributed by atoms with Crippen LogP contribution in [0.25, 0.3) is 16.9 Å². The Hall–Kier alpha value is -2.93. The van der Waals surface area contributed by atoms with Gasteiger partial charge in [0.05, 0.1) is 17.6 Å². The highest BCUT2D eigenvalue weighted by Gasteiger charge is 2.16. The molecule has 0 saturated heterocycles. The lowest BCUT2D eigenvalue weighted by Gasteiger charge is -2.12. The van der Waals surface area contributed by atoms with Crippen LogP contribution in [-0.2, 0) is 5.75 Å². The first-order valence-corrected chi connectivity index (χ1v) is 9.34. The van der Waals surface area contributed by atoms with Gasteiger partial charge in [-0.15, -0.1) is 0 Å². The molecule has 4 nitrogen and oxygen atoms in total. The summed E-state index contributed by atoms with van der Waals surface area (Å²) in [6.45, 7) is -2.60. The van der Waals surface area contributed by atoms with E-state index in [0.717, 1.165) is 26.7 Å². The maximum absolute atomic E-state index is 13.0. The average molecular weight is 382 g/mol. The Morgan fingerprint density at radius 1 is 0.926 bits per heavy atom. The summed E-state index contributed by atoms with van der Waals surface area (Å²) in [5.41, 5.74) is 2.95. The molecule has 0 N–H and O–H groups in total. The summed E-state index contributed by atoms with van der Waals surface area (Å²) in [7, 11) is 0. The summed E-state index contributed by atoms with van der Waals surface area (Å²) < 4.78 is 29.0. The molecule has 0 radical (unpaired) electrons. The van der Waals surface area contributed by atoms with Crippen LogP contribution in [0.5, 0.6) is 0 Å². The van der Waals surface area contributed by atoms with Crippen molar-refractivity contribution < 1.29 is 8.78 Å². The second-order valence-electron chi connectivity index (χ2n) is 5.78. The Morgan fingerprint density at radius 3 is 2.33 bits per heavy atom. The van der Waals surface area contributed by atoms with Gasteiger partial charge in [-0.05, 0) is 12.1 Å². The first-order valence-electron chi connectivity index (χ1n) is 8.35. The van der Waals surface area contributed by atoms with Crippen LogP contribution in [0.4, 0.5) is 8.78 Å². The van der Waals surface area contributed by atoms with E-state index in [-0.39, 0.29) is 0 Å². The Kier molecular flexibility index (Phi) is 5.02. The minimum absolute atomic E-state index is 0.301. The number of nitrogens with zero attached hydrogens (tertiary/aromatic N) is 4. The number of hydrogen-bond acceptors (Lipinski definition) is 3. The first kappa shape index (κ1) is 17.5. The van der Waals surface area contributed by atoms with Gasteiger partial charge in [0.25, 0.3) is 0 Å². The zero-order valence-electron chi connectivity index (χ0n) is 14.2. The minimum atomic E-state index is -2.60. The molecular formula is C20H16F2N4S. The normalized spacial score (nSPS) is 11.2. The van der Waals surface area contributed by atoms with Crippen LogP contribution in [-0.4, -0.2) is 19.1 Å². The predicted molar refractivity (Wildman–Crippen MR) is 102 cm³/mol. The molecule has 4 rings (SSSR count). The molecular weight excluding hydrogens is 366 g/mol. The van der Waals surface area contributed by atoms with Crippen LogP contribution >= 0.6 is 11.8 Å². The van der Waals surface area contributed by atoms with Crippen LogP contribution in [0.3, 0.4) is 0 Å². The van der Waals surface area contributed by atoms with Gasteiger partial charge in [0.1, 0.15) is 5.82 Å². The third-order valence-electron chi connectivity index (χ3n) is 4.10. The van der Waals surface area contributed by atoms with E-state index in [1.807, 2.05) is 71.4 Å². The topological polar surface area (TPSA) is 35.6 Å². The first-order chi connectivity index (χ1) is 13.2. The number of hydrogen-bond donors (Lipinski definition) is 0. The van der Waals surface area contributed by atoms with E-state index in [2.05, 4.69) is 9.97 Å². The van der Waals surface area contributed by atoms with Gasteiger partial charge in [0.15, 0.2) is 5.16 Å². The molecule has 0 unspecified atom stereocenters. The average Bonchev–Trinajstić information content (AvgIpc) is 3.34. The van der Waals surface area contributed by atoms with Crippen LogP contribution < -0.4 is 0 Å². The number of rotatable bonds is 6. The molecule has 0 spiro atoms. The van der Waals surface area contributed by atoms with Crippen molar-refractivity contribution in [1.29, 1.82) is 0 Å². The molecule has 136 valence electrons. The van der Waals surface area contributed by atoms with E-state index >= 15 is 0 Å². The van der Waals surface area contributed by atoms with Gasteiger partial charge in [0.2, 0.25) is 0 Å². The maximum atomic E-state index is 13.0. The van der Waals surface area contributed by atoms with Gasteiger partial charge < -0.3 is 0 Å². The standard InChI is InChI=1S/C20H16F2N4S/c21-19(22)25-12-11-23-18(25)14-27-20-24-13-17(15-7-3-1-4-8-15)26(20)16-9-5-2-6-10-16/h1-13,19H,14H2. The Labute approximate surface area is 159 Å². The zero-order valence-corrected chi connectivity index (χ0v) is 15.1. The highest BCUT2D eigenvalue weighted by molar-refractivity contribution is 7.98. The Morgan fingerprint density at radius 2 is 1.63 bits per heavy atom. The van der Waals surface area contributed by atoms with E-state index in [4.69, 9.17) is 0 Å². The lowest BCUT2D eigenvalue weighted by atomic mass is 10.1. The second kappa shape index (κ2) is 7.75. The number of imidazole rings is 2. The number of thioether (sulfide) groups is 1. The van der Waals surface area contributed by atoms with E-state index in [1.54, 1.807) is 0 Å². The summed E-state index contributed by atoms with van der Waals surface area (Å²) in [6, 6.07) is 19.8. The highest BCUT2D eigenvalue weighted by atomic mass is 32.2. The van der Waals surface area contributed by atoms with E-state index in [1.165, 1.54) is 24.2 Å². The third kappa shape index (κ3) is 3.64. The Balaban J connectivity index is 1.71. The van der Waals surface area contributed by atoms with E-state index in [0.29, 0.717) is 11.6 Å². The number of benzene rings is 2. The minimum Gasteiger partial charge on any atom is -0.287 e. The van der Waals surface area contributed by atoms with Crippen molar-refractivity contribution >= 4 is 11.8 Å². The number of alkyl halides is 2. The predicted octanol–water partition coefficient (Wildman–Crippen LogP) is 5.42. The number of para-hydroxylation sites is 1. The van der Waals surface area contributed by atoms with Crippen molar-refractivity contribution in [3.05, 3.63) is 85.1 Å². The molecule has 27 heavy (non-hydrogen) atoms. The van der Waals surface area contributed by atoms with Gasteiger partial charge in [-0.25, -0.2) is 9.97 Å². The lowest BCUT2D eigenvalue weighted by Crippen LogP contribution is -2.03. The molecule has 2 heterocycles. The monoisotopic (exact) mass is 382 g/mol. The van der Waals surface area contributed by atoms with Crippen LogP contribution in [0.15, 0.2) is 84.4 Å². The molecule has 0 amide bonds. The number of halogens is 2. The van der Waals surface area contributed by atoms with Crippen molar-refractivity contribution in [2.75, 3.05) is 0 Å². The number of aromatic nitrogens is 4. The fraction of sp³-hybridized carbons (Fsp3) is 0.100. The molecule has 0 fully saturated rings. The fourth-order valence-corrected chi connectivity index (χ4v) is 3.78. The summed E-state index contributed by atoms with van der Waals surface area (Å²) in [5, 5.41) is 0.726. The summed E-state index contributed by atoms with van der Waals surface area (Å²) in [4.78, 5) is 8.59. The quantitative estimate of drug-likeness (QED) is 0.418. The molecule has 0 aliphatic rings. The van der Waals surface area contributed by atoms with Gasteiger partial charge in [-0.1, -0.05) is 60.3 Å². The van der Waals surface area contributed by atoms with Gasteiger partial charge in [-0.3, -0.25) is 9.13 Å². The smallest absolute Gasteiger partial charge is 0.287 e. The zero-order chi connectivity index (χ0) is 18.6. The van der Waals surface area contributed by atoms with Gasteiger partial charge in [-0.2, -0.15) is 8.78 Å². The third-order valence-corrected chi connectivity index (χ3v) is 5.05. The summed E-state index contributed by atoms with van der Waals surface area (Å²) >= 11 is 1.38. The molecule has 4 aromatic rings. The Bertz CT molecular complexity index is 1010. The highest BCUT2D eigenvalue weighted by Crippen LogP contribution is 2.31. The summed E-state index contributed by atoms with van der Waals surface area (Å²) in [6.07, 6.45) is 4.49. The van der Waals surface area contributed by atoms with Crippen LogP contribution in [0, 0.1) is 0 Å². The van der Waals surface area contributed by atoms with Gasteiger partial charge in [0, 0.05) is 23.6 Å².